The SMILES string of the molecule is CC(C)CCNC(=O)CN1CC(C(=O)O)c2ccccc21. The number of carbonyl (C=O) groups is 2. The minimum Gasteiger partial charge on any atom is -0.481 e. The fourth-order valence-corrected chi connectivity index (χ4v) is 2.58. The molecule has 0 aliphatic carbocycles. The first-order valence-electron chi connectivity index (χ1n) is 7.32. The number of carboxylic acids is 1. The Morgan fingerprint density at radius 1 is 1.38 bits per heavy atom. The molecule has 2 N–H and O–H groups in total. The topological polar surface area (TPSA) is 69.6 Å². The molecule has 1 aromatic carbocycles. The molecule has 0 spiro atoms. The van der Waals surface area contributed by atoms with Crippen LogP contribution in [0.5, 0.6) is 0 Å². The number of carboxylic acid groups (broad SMARTS) is 1. The number of carbonyl (C=O) groups excluding carboxylic acids is 1. The van der Waals surface area contributed by atoms with Crippen LogP contribution in [0.4, 0.5) is 5.69 Å². The molecule has 1 amide bonds. The summed E-state index contributed by atoms with van der Waals surface area (Å²) in [5.41, 5.74) is 1.64. The molecular formula is C16H22N2O3. The molecule has 0 saturated carbocycles. The second kappa shape index (κ2) is 6.61. The molecule has 21 heavy (non-hydrogen) atoms. The van der Waals surface area contributed by atoms with Gasteiger partial charge in [-0.25, -0.2) is 0 Å². The number of benzene rings is 1. The van der Waals surface area contributed by atoms with Crippen LogP contribution in [0, 0.1) is 5.92 Å². The molecule has 1 aromatic rings. The molecule has 0 bridgehead atoms. The number of hydrogen-bond donors (Lipinski definition) is 2. The van der Waals surface area contributed by atoms with Crippen molar-refractivity contribution < 1.29 is 14.7 Å². The molecule has 1 unspecified atom stereocenters. The van der Waals surface area contributed by atoms with Gasteiger partial charge in [0.05, 0.1) is 6.54 Å². The van der Waals surface area contributed by atoms with Crippen LogP contribution in [-0.4, -0.2) is 36.6 Å². The predicted octanol–water partition coefficient (Wildman–Crippen LogP) is 1.84. The molecule has 1 aliphatic rings. The summed E-state index contributed by atoms with van der Waals surface area (Å²) in [6.45, 7) is 5.44. The van der Waals surface area contributed by atoms with E-state index in [0.717, 1.165) is 17.7 Å². The minimum atomic E-state index is -0.842. The lowest BCUT2D eigenvalue weighted by Crippen LogP contribution is -2.37. The van der Waals surface area contributed by atoms with Gasteiger partial charge in [-0.1, -0.05) is 32.0 Å². The third-order valence-corrected chi connectivity index (χ3v) is 3.73. The highest BCUT2D eigenvalue weighted by molar-refractivity contribution is 5.87. The van der Waals surface area contributed by atoms with E-state index in [2.05, 4.69) is 19.2 Å². The number of para-hydroxylation sites is 1. The van der Waals surface area contributed by atoms with Crippen LogP contribution in [0.25, 0.3) is 0 Å². The van der Waals surface area contributed by atoms with Crippen LogP contribution < -0.4 is 10.2 Å². The Hall–Kier alpha value is -2.04. The fourth-order valence-electron chi connectivity index (χ4n) is 2.58. The summed E-state index contributed by atoms with van der Waals surface area (Å²) in [4.78, 5) is 25.1. The third-order valence-electron chi connectivity index (χ3n) is 3.73. The highest BCUT2D eigenvalue weighted by Crippen LogP contribution is 2.35. The average molecular weight is 290 g/mol. The molecule has 2 rings (SSSR count). The van der Waals surface area contributed by atoms with Crippen molar-refractivity contribution in [1.29, 1.82) is 0 Å². The maximum absolute atomic E-state index is 12.0. The molecule has 0 fully saturated rings. The summed E-state index contributed by atoms with van der Waals surface area (Å²) >= 11 is 0. The summed E-state index contributed by atoms with van der Waals surface area (Å²) in [6.07, 6.45) is 0.945. The summed E-state index contributed by atoms with van der Waals surface area (Å²) in [5, 5.41) is 12.2. The first kappa shape index (κ1) is 15.4. The normalized spacial score (nSPS) is 16.9. The quantitative estimate of drug-likeness (QED) is 0.838. The van der Waals surface area contributed by atoms with Crippen LogP contribution in [-0.2, 0) is 9.59 Å². The van der Waals surface area contributed by atoms with E-state index in [1.165, 1.54) is 0 Å². The van der Waals surface area contributed by atoms with Gasteiger partial charge in [-0.05, 0) is 24.0 Å². The molecular weight excluding hydrogens is 268 g/mol. The van der Waals surface area contributed by atoms with Gasteiger partial charge in [-0.2, -0.15) is 0 Å². The first-order valence-corrected chi connectivity index (χ1v) is 7.32. The van der Waals surface area contributed by atoms with E-state index in [9.17, 15) is 14.7 Å². The largest absolute Gasteiger partial charge is 0.481 e. The average Bonchev–Trinajstić information content (AvgIpc) is 2.78. The van der Waals surface area contributed by atoms with Crippen molar-refractivity contribution in [3.8, 4) is 0 Å². The molecule has 5 heteroatoms. The second-order valence-electron chi connectivity index (χ2n) is 5.86. The van der Waals surface area contributed by atoms with Crippen molar-refractivity contribution in [3.05, 3.63) is 29.8 Å². The Kier molecular flexibility index (Phi) is 4.83. The van der Waals surface area contributed by atoms with Crippen LogP contribution in [0.15, 0.2) is 24.3 Å². The van der Waals surface area contributed by atoms with Crippen molar-refractivity contribution in [3.63, 3.8) is 0 Å². The monoisotopic (exact) mass is 290 g/mol. The lowest BCUT2D eigenvalue weighted by molar-refractivity contribution is -0.138. The number of anilines is 1. The van der Waals surface area contributed by atoms with Crippen LogP contribution in [0.3, 0.4) is 0 Å². The van der Waals surface area contributed by atoms with E-state index < -0.39 is 11.9 Å². The lowest BCUT2D eigenvalue weighted by Gasteiger charge is -2.19. The van der Waals surface area contributed by atoms with E-state index >= 15 is 0 Å². The fraction of sp³-hybridized carbons (Fsp3) is 0.500. The van der Waals surface area contributed by atoms with Crippen molar-refractivity contribution in [2.24, 2.45) is 5.92 Å². The zero-order valence-corrected chi connectivity index (χ0v) is 12.5. The Labute approximate surface area is 125 Å². The summed E-state index contributed by atoms with van der Waals surface area (Å²) in [6, 6.07) is 7.40. The van der Waals surface area contributed by atoms with Gasteiger partial charge in [0.25, 0.3) is 0 Å². The van der Waals surface area contributed by atoms with Gasteiger partial charge in [0.1, 0.15) is 5.92 Å². The number of hydrogen-bond acceptors (Lipinski definition) is 3. The van der Waals surface area contributed by atoms with Crippen molar-refractivity contribution >= 4 is 17.6 Å². The molecule has 114 valence electrons. The zero-order valence-electron chi connectivity index (χ0n) is 12.5. The maximum Gasteiger partial charge on any atom is 0.312 e. The number of aliphatic carboxylic acids is 1. The Bertz CT molecular complexity index is 528. The van der Waals surface area contributed by atoms with Gasteiger partial charge >= 0.3 is 5.97 Å². The van der Waals surface area contributed by atoms with E-state index in [4.69, 9.17) is 0 Å². The van der Waals surface area contributed by atoms with E-state index in [1.807, 2.05) is 29.2 Å². The molecule has 0 radical (unpaired) electrons. The highest BCUT2D eigenvalue weighted by Gasteiger charge is 2.33. The van der Waals surface area contributed by atoms with Gasteiger partial charge in [0, 0.05) is 18.8 Å². The maximum atomic E-state index is 12.0. The number of nitrogens with zero attached hydrogens (tertiary/aromatic N) is 1. The number of rotatable bonds is 6. The summed E-state index contributed by atoms with van der Waals surface area (Å²) < 4.78 is 0. The molecule has 1 atom stereocenters. The highest BCUT2D eigenvalue weighted by atomic mass is 16.4. The van der Waals surface area contributed by atoms with E-state index in [1.54, 1.807) is 0 Å². The van der Waals surface area contributed by atoms with Gasteiger partial charge in [-0.15, -0.1) is 0 Å². The third kappa shape index (κ3) is 3.74. The molecule has 1 heterocycles. The van der Waals surface area contributed by atoms with E-state index in [-0.39, 0.29) is 12.5 Å². The first-order chi connectivity index (χ1) is 9.99. The van der Waals surface area contributed by atoms with Crippen molar-refractivity contribution in [1.82, 2.24) is 5.32 Å². The van der Waals surface area contributed by atoms with Gasteiger partial charge in [0.2, 0.25) is 5.91 Å². The van der Waals surface area contributed by atoms with Gasteiger partial charge in [0.15, 0.2) is 0 Å². The van der Waals surface area contributed by atoms with Crippen LogP contribution in [0.2, 0.25) is 0 Å². The van der Waals surface area contributed by atoms with Gasteiger partial charge in [-0.3, -0.25) is 9.59 Å². The van der Waals surface area contributed by atoms with Crippen LogP contribution >= 0.6 is 0 Å². The van der Waals surface area contributed by atoms with E-state index in [0.29, 0.717) is 19.0 Å². The van der Waals surface area contributed by atoms with Crippen molar-refractivity contribution in [2.45, 2.75) is 26.2 Å². The molecule has 1 aliphatic heterocycles. The van der Waals surface area contributed by atoms with Crippen LogP contribution in [0.1, 0.15) is 31.7 Å². The van der Waals surface area contributed by atoms with Crippen molar-refractivity contribution in [2.75, 3.05) is 24.5 Å². The minimum absolute atomic E-state index is 0.0588. The molecule has 5 nitrogen and oxygen atoms in total. The number of fused-ring (bicyclic) bond motifs is 1. The summed E-state index contributed by atoms with van der Waals surface area (Å²) in [7, 11) is 0. The molecule has 0 aromatic heterocycles. The number of amides is 1. The smallest absolute Gasteiger partial charge is 0.312 e. The lowest BCUT2D eigenvalue weighted by atomic mass is 10.0. The Balaban J connectivity index is 1.99. The number of nitrogens with one attached hydrogen (secondary N) is 1. The standard InChI is InChI=1S/C16H22N2O3/c1-11(2)7-8-17-15(19)10-18-9-13(16(20)21)12-5-3-4-6-14(12)18/h3-6,11,13H,7-10H2,1-2H3,(H,17,19)(H,20,21). The van der Waals surface area contributed by atoms with Gasteiger partial charge < -0.3 is 15.3 Å². The Morgan fingerprint density at radius 2 is 2.10 bits per heavy atom. The summed E-state index contributed by atoms with van der Waals surface area (Å²) in [5.74, 6) is -0.902. The second-order valence-corrected chi connectivity index (χ2v) is 5.86. The zero-order chi connectivity index (χ0) is 15.4. The predicted molar refractivity (Wildman–Crippen MR) is 81.5 cm³/mol. The Morgan fingerprint density at radius 3 is 2.76 bits per heavy atom. The molecule has 0 saturated heterocycles.